The van der Waals surface area contributed by atoms with Gasteiger partial charge in [0.15, 0.2) is 0 Å². The van der Waals surface area contributed by atoms with Gasteiger partial charge in [0.1, 0.15) is 5.01 Å². The van der Waals surface area contributed by atoms with Crippen LogP contribution in [-0.2, 0) is 29.9 Å². The summed E-state index contributed by atoms with van der Waals surface area (Å²) < 4.78 is 0. The van der Waals surface area contributed by atoms with Crippen LogP contribution in [0.25, 0.3) is 0 Å². The molecule has 3 rings (SSSR count). The maximum absolute atomic E-state index is 12.2. The molecule has 1 aliphatic rings. The molecule has 0 atom stereocenters. The molecular weight excluding hydrogens is 304 g/mol. The predicted octanol–water partition coefficient (Wildman–Crippen LogP) is 3.94. The number of rotatable bonds is 4. The quantitative estimate of drug-likeness (QED) is 0.867. The van der Waals surface area contributed by atoms with Crippen molar-refractivity contribution in [2.75, 3.05) is 5.32 Å². The van der Waals surface area contributed by atoms with Crippen LogP contribution in [0.2, 0.25) is 0 Å². The Bertz CT molecular complexity index is 653. The second-order valence-electron chi connectivity index (χ2n) is 5.24. The molecule has 0 radical (unpaired) electrons. The van der Waals surface area contributed by atoms with E-state index in [-0.39, 0.29) is 5.91 Å². The molecule has 5 heteroatoms. The Labute approximate surface area is 133 Å². The fourth-order valence-electron chi connectivity index (χ4n) is 2.72. The molecule has 1 N–H and O–H groups in total. The van der Waals surface area contributed by atoms with E-state index in [9.17, 15) is 4.79 Å². The first-order valence-corrected chi connectivity index (χ1v) is 8.57. The van der Waals surface area contributed by atoms with E-state index >= 15 is 0 Å². The third-order valence-electron chi connectivity index (χ3n) is 3.72. The number of thiazole rings is 1. The van der Waals surface area contributed by atoms with Gasteiger partial charge in [0.25, 0.3) is 0 Å². The third kappa shape index (κ3) is 3.44. The van der Waals surface area contributed by atoms with E-state index in [4.69, 9.17) is 11.6 Å². The van der Waals surface area contributed by atoms with Gasteiger partial charge < -0.3 is 5.32 Å². The summed E-state index contributed by atoms with van der Waals surface area (Å²) in [5.74, 6) is 0.383. The number of hydrogen-bond acceptors (Lipinski definition) is 3. The maximum Gasteiger partial charge on any atom is 0.231 e. The molecular formula is C16H17ClN2OS. The summed E-state index contributed by atoms with van der Waals surface area (Å²) in [5, 5.41) is 5.76. The molecule has 1 aliphatic carbocycles. The van der Waals surface area contributed by atoms with Crippen molar-refractivity contribution in [3.05, 3.63) is 45.4 Å². The van der Waals surface area contributed by atoms with Crippen molar-refractivity contribution in [3.8, 4) is 0 Å². The molecule has 21 heavy (non-hydrogen) atoms. The normalized spacial score (nSPS) is 13.8. The molecule has 0 saturated heterocycles. The monoisotopic (exact) mass is 320 g/mol. The van der Waals surface area contributed by atoms with Crippen LogP contribution in [0.3, 0.4) is 0 Å². The van der Waals surface area contributed by atoms with Gasteiger partial charge in [-0.2, -0.15) is 0 Å². The Balaban J connectivity index is 1.70. The summed E-state index contributed by atoms with van der Waals surface area (Å²) in [7, 11) is 0. The Hall–Kier alpha value is -1.39. The molecule has 0 bridgehead atoms. The second kappa shape index (κ2) is 6.58. The number of nitrogens with zero attached hydrogens (tertiary/aromatic N) is 1. The van der Waals surface area contributed by atoms with Crippen molar-refractivity contribution < 1.29 is 4.79 Å². The van der Waals surface area contributed by atoms with Crippen LogP contribution in [0.4, 0.5) is 5.69 Å². The number of carbonyl (C=O) groups is 1. The molecule has 3 nitrogen and oxygen atoms in total. The number of anilines is 1. The zero-order chi connectivity index (χ0) is 14.7. The number of fused-ring (bicyclic) bond motifs is 1. The molecule has 2 aromatic rings. The number of hydrogen-bond donors (Lipinski definition) is 1. The van der Waals surface area contributed by atoms with Gasteiger partial charge in [0.2, 0.25) is 5.91 Å². The molecule has 0 saturated carbocycles. The van der Waals surface area contributed by atoms with Crippen LogP contribution in [0, 0.1) is 0 Å². The summed E-state index contributed by atoms with van der Waals surface area (Å²) in [5.41, 5.74) is 4.48. The lowest BCUT2D eigenvalue weighted by atomic mass is 9.90. The van der Waals surface area contributed by atoms with Gasteiger partial charge in [-0.1, -0.05) is 12.1 Å². The number of nitrogens with one attached hydrogen (secondary N) is 1. The van der Waals surface area contributed by atoms with Crippen LogP contribution in [-0.4, -0.2) is 10.9 Å². The highest BCUT2D eigenvalue weighted by Crippen LogP contribution is 2.28. The first-order chi connectivity index (χ1) is 10.3. The molecule has 1 aromatic heterocycles. The summed E-state index contributed by atoms with van der Waals surface area (Å²) >= 11 is 7.21. The van der Waals surface area contributed by atoms with Crippen LogP contribution < -0.4 is 5.32 Å². The minimum Gasteiger partial charge on any atom is -0.325 e. The molecule has 0 fully saturated rings. The van der Waals surface area contributed by atoms with Gasteiger partial charge in [0.05, 0.1) is 18.0 Å². The Morgan fingerprint density at radius 2 is 2.19 bits per heavy atom. The number of halogens is 1. The number of alkyl halides is 1. The summed E-state index contributed by atoms with van der Waals surface area (Å²) in [6.07, 6.45) is 4.92. The predicted molar refractivity (Wildman–Crippen MR) is 87.1 cm³/mol. The first-order valence-electron chi connectivity index (χ1n) is 7.16. The standard InChI is InChI=1S/C16H17ClN2OS/c17-9-12-10-21-16(18-12)8-15(20)19-14-7-3-5-11-4-1-2-6-13(11)14/h3,5,7,10H,1-2,4,6,8-9H2,(H,19,20). The van der Waals surface area contributed by atoms with Crippen molar-refractivity contribution in [2.24, 2.45) is 0 Å². The van der Waals surface area contributed by atoms with Crippen molar-refractivity contribution in [1.82, 2.24) is 4.98 Å². The highest BCUT2D eigenvalue weighted by atomic mass is 35.5. The molecule has 1 aromatic carbocycles. The third-order valence-corrected chi connectivity index (χ3v) is 4.89. The van der Waals surface area contributed by atoms with Crippen molar-refractivity contribution in [2.45, 2.75) is 38.0 Å². The maximum atomic E-state index is 12.2. The van der Waals surface area contributed by atoms with Crippen molar-refractivity contribution in [3.63, 3.8) is 0 Å². The van der Waals surface area contributed by atoms with Crippen LogP contribution in [0.15, 0.2) is 23.6 Å². The van der Waals surface area contributed by atoms with Gasteiger partial charge >= 0.3 is 0 Å². The van der Waals surface area contributed by atoms with Crippen molar-refractivity contribution >= 4 is 34.5 Å². The number of amides is 1. The summed E-state index contributed by atoms with van der Waals surface area (Å²) in [4.78, 5) is 16.5. The molecule has 1 heterocycles. The lowest BCUT2D eigenvalue weighted by Crippen LogP contribution is -2.17. The molecule has 0 aliphatic heterocycles. The van der Waals surface area contributed by atoms with Gasteiger partial charge in [-0.15, -0.1) is 22.9 Å². The van der Waals surface area contributed by atoms with Crippen LogP contribution >= 0.6 is 22.9 Å². The number of carbonyl (C=O) groups excluding carboxylic acids is 1. The smallest absolute Gasteiger partial charge is 0.231 e. The topological polar surface area (TPSA) is 42.0 Å². The fraction of sp³-hybridized carbons (Fsp3) is 0.375. The van der Waals surface area contributed by atoms with E-state index in [1.165, 1.54) is 35.3 Å². The van der Waals surface area contributed by atoms with E-state index in [1.807, 2.05) is 17.5 Å². The van der Waals surface area contributed by atoms with Gasteiger partial charge in [0, 0.05) is 11.1 Å². The van der Waals surface area contributed by atoms with E-state index in [0.717, 1.165) is 29.2 Å². The average molecular weight is 321 g/mol. The Morgan fingerprint density at radius 3 is 3.00 bits per heavy atom. The number of aromatic nitrogens is 1. The van der Waals surface area contributed by atoms with Crippen molar-refractivity contribution in [1.29, 1.82) is 0 Å². The highest BCUT2D eigenvalue weighted by Gasteiger charge is 2.15. The lowest BCUT2D eigenvalue weighted by molar-refractivity contribution is -0.115. The van der Waals surface area contributed by atoms with E-state index in [2.05, 4.69) is 16.4 Å². The minimum absolute atomic E-state index is 0.00977. The van der Waals surface area contributed by atoms with Gasteiger partial charge in [-0.25, -0.2) is 4.98 Å². The van der Waals surface area contributed by atoms with Gasteiger partial charge in [-0.3, -0.25) is 4.79 Å². The number of benzene rings is 1. The highest BCUT2D eigenvalue weighted by molar-refractivity contribution is 7.09. The Morgan fingerprint density at radius 1 is 1.33 bits per heavy atom. The molecule has 110 valence electrons. The zero-order valence-corrected chi connectivity index (χ0v) is 13.3. The summed E-state index contributed by atoms with van der Waals surface area (Å²) in [6, 6.07) is 6.18. The van der Waals surface area contributed by atoms with Crippen LogP contribution in [0.1, 0.15) is 34.7 Å². The van der Waals surface area contributed by atoms with E-state index in [0.29, 0.717) is 12.3 Å². The largest absolute Gasteiger partial charge is 0.325 e. The second-order valence-corrected chi connectivity index (χ2v) is 6.45. The average Bonchev–Trinajstić information content (AvgIpc) is 2.95. The molecule has 1 amide bonds. The first kappa shape index (κ1) is 14.5. The van der Waals surface area contributed by atoms with Gasteiger partial charge in [-0.05, 0) is 42.9 Å². The fourth-order valence-corrected chi connectivity index (χ4v) is 3.74. The SMILES string of the molecule is O=C(Cc1nc(CCl)cs1)Nc1cccc2c1CCCC2. The number of aryl methyl sites for hydroxylation is 1. The zero-order valence-electron chi connectivity index (χ0n) is 11.7. The molecule has 0 unspecified atom stereocenters. The Kier molecular flexibility index (Phi) is 4.56. The van der Waals surface area contributed by atoms with Crippen LogP contribution in [0.5, 0.6) is 0 Å². The lowest BCUT2D eigenvalue weighted by Gasteiger charge is -2.19. The minimum atomic E-state index is -0.00977. The summed E-state index contributed by atoms with van der Waals surface area (Å²) in [6.45, 7) is 0. The molecule has 0 spiro atoms. The van der Waals surface area contributed by atoms with E-state index < -0.39 is 0 Å². The van der Waals surface area contributed by atoms with E-state index in [1.54, 1.807) is 0 Å².